The monoisotopic (exact) mass is 458 g/mol. The Morgan fingerprint density at radius 1 is 1.06 bits per heavy atom. The van der Waals surface area contributed by atoms with Gasteiger partial charge in [0.05, 0.1) is 30.8 Å². The van der Waals surface area contributed by atoms with Crippen molar-refractivity contribution >= 4 is 16.0 Å². The van der Waals surface area contributed by atoms with Gasteiger partial charge in [-0.1, -0.05) is 5.16 Å². The summed E-state index contributed by atoms with van der Waals surface area (Å²) < 4.78 is 47.6. The van der Waals surface area contributed by atoms with Gasteiger partial charge < -0.3 is 18.7 Å². The average Bonchev–Trinajstić information content (AvgIpc) is 3.32. The lowest BCUT2D eigenvalue weighted by Crippen LogP contribution is -2.40. The minimum absolute atomic E-state index is 0.0771. The van der Waals surface area contributed by atoms with Gasteiger partial charge in [0.2, 0.25) is 10.0 Å². The Kier molecular flexibility index (Phi) is 6.54. The van der Waals surface area contributed by atoms with Crippen LogP contribution in [0.2, 0.25) is 0 Å². The Hall–Kier alpha value is -3.21. The van der Waals surface area contributed by atoms with Crippen LogP contribution < -0.4 is 4.74 Å². The molecule has 0 spiro atoms. The van der Waals surface area contributed by atoms with Crippen LogP contribution in [0.15, 0.2) is 64.0 Å². The molecule has 2 heterocycles. The fraction of sp³-hybridized carbons (Fsp3) is 0.273. The summed E-state index contributed by atoms with van der Waals surface area (Å²) in [7, 11) is -2.03. The lowest BCUT2D eigenvalue weighted by Gasteiger charge is -2.26. The molecule has 0 saturated carbocycles. The van der Waals surface area contributed by atoms with Crippen molar-refractivity contribution < 1.29 is 31.9 Å². The number of benzene rings is 2. The zero-order chi connectivity index (χ0) is 22.6. The van der Waals surface area contributed by atoms with Crippen LogP contribution >= 0.6 is 0 Å². The maximum Gasteiger partial charge on any atom is 0.338 e. The first-order valence-corrected chi connectivity index (χ1v) is 11.4. The number of carbonyl (C=O) groups is 1. The van der Waals surface area contributed by atoms with Crippen LogP contribution in [0, 0.1) is 0 Å². The van der Waals surface area contributed by atoms with Gasteiger partial charge in [0.25, 0.3) is 0 Å². The molecule has 2 aromatic carbocycles. The minimum Gasteiger partial charge on any atom is -0.497 e. The first-order chi connectivity index (χ1) is 15.5. The molecule has 4 rings (SSSR count). The topological polar surface area (TPSA) is 108 Å². The van der Waals surface area contributed by atoms with Crippen molar-refractivity contribution in [3.63, 3.8) is 0 Å². The smallest absolute Gasteiger partial charge is 0.338 e. The molecule has 10 heteroatoms. The molecular weight excluding hydrogens is 436 g/mol. The van der Waals surface area contributed by atoms with Gasteiger partial charge in [-0.2, -0.15) is 4.31 Å². The molecular formula is C22H22N2O7S. The number of hydrogen-bond donors (Lipinski definition) is 0. The van der Waals surface area contributed by atoms with Crippen molar-refractivity contribution in [3.05, 3.63) is 65.9 Å². The highest BCUT2D eigenvalue weighted by molar-refractivity contribution is 7.89. The van der Waals surface area contributed by atoms with Gasteiger partial charge in [-0.25, -0.2) is 13.2 Å². The molecule has 0 N–H and O–H groups in total. The van der Waals surface area contributed by atoms with E-state index in [9.17, 15) is 13.2 Å². The van der Waals surface area contributed by atoms with Crippen molar-refractivity contribution in [2.24, 2.45) is 0 Å². The van der Waals surface area contributed by atoms with E-state index >= 15 is 0 Å². The summed E-state index contributed by atoms with van der Waals surface area (Å²) in [4.78, 5) is 12.5. The molecule has 1 aliphatic rings. The van der Waals surface area contributed by atoms with Crippen LogP contribution in [0.4, 0.5) is 0 Å². The zero-order valence-electron chi connectivity index (χ0n) is 17.4. The second-order valence-electron chi connectivity index (χ2n) is 7.03. The van der Waals surface area contributed by atoms with Gasteiger partial charge in [-0.3, -0.25) is 0 Å². The molecule has 0 unspecified atom stereocenters. The summed E-state index contributed by atoms with van der Waals surface area (Å²) in [6.07, 6.45) is 0. The summed E-state index contributed by atoms with van der Waals surface area (Å²) in [5.74, 6) is 0.678. The molecule has 1 aliphatic heterocycles. The zero-order valence-corrected chi connectivity index (χ0v) is 18.2. The molecule has 1 aromatic heterocycles. The number of hydrogen-bond acceptors (Lipinski definition) is 8. The molecule has 32 heavy (non-hydrogen) atoms. The number of carbonyl (C=O) groups excluding carboxylic acids is 1. The van der Waals surface area contributed by atoms with E-state index in [-0.39, 0.29) is 17.1 Å². The van der Waals surface area contributed by atoms with E-state index in [1.54, 1.807) is 25.3 Å². The maximum atomic E-state index is 12.7. The number of rotatable bonds is 7. The van der Waals surface area contributed by atoms with Crippen molar-refractivity contribution in [1.29, 1.82) is 0 Å². The first kappa shape index (κ1) is 22.0. The van der Waals surface area contributed by atoms with Gasteiger partial charge in [-0.15, -0.1) is 0 Å². The number of aromatic nitrogens is 1. The highest BCUT2D eigenvalue weighted by atomic mass is 32.2. The molecule has 3 aromatic rings. The van der Waals surface area contributed by atoms with Gasteiger partial charge >= 0.3 is 5.97 Å². The summed E-state index contributed by atoms with van der Waals surface area (Å²) in [5.41, 5.74) is 1.51. The third kappa shape index (κ3) is 4.82. The van der Waals surface area contributed by atoms with E-state index in [4.69, 9.17) is 18.7 Å². The number of esters is 1. The predicted molar refractivity (Wildman–Crippen MR) is 114 cm³/mol. The van der Waals surface area contributed by atoms with Gasteiger partial charge in [0.15, 0.2) is 5.76 Å². The molecule has 0 aliphatic carbocycles. The van der Waals surface area contributed by atoms with Crippen molar-refractivity contribution in [2.75, 3.05) is 33.4 Å². The van der Waals surface area contributed by atoms with Gasteiger partial charge in [0, 0.05) is 24.7 Å². The lowest BCUT2D eigenvalue weighted by molar-refractivity contribution is 0.0464. The molecule has 0 atom stereocenters. The van der Waals surface area contributed by atoms with E-state index in [2.05, 4.69) is 5.16 Å². The highest BCUT2D eigenvalue weighted by Crippen LogP contribution is 2.23. The average molecular weight is 458 g/mol. The van der Waals surface area contributed by atoms with Crippen LogP contribution in [-0.2, 0) is 26.1 Å². The van der Waals surface area contributed by atoms with Crippen LogP contribution in [0.25, 0.3) is 11.3 Å². The number of nitrogens with zero attached hydrogens (tertiary/aromatic N) is 2. The largest absolute Gasteiger partial charge is 0.497 e. The summed E-state index contributed by atoms with van der Waals surface area (Å²) in [5, 5.41) is 3.92. The third-order valence-corrected chi connectivity index (χ3v) is 6.90. The van der Waals surface area contributed by atoms with Crippen molar-refractivity contribution in [1.82, 2.24) is 9.46 Å². The Labute approximate surface area is 185 Å². The van der Waals surface area contributed by atoms with Crippen LogP contribution in [-0.4, -0.2) is 57.3 Å². The standard InChI is InChI=1S/C22H22N2O7S/c1-28-19-6-2-16(3-7-19)21-14-18(23-31-21)15-30-22(25)17-4-8-20(9-5-17)32(26,27)24-10-12-29-13-11-24/h2-9,14H,10-13,15H2,1H3. The molecule has 0 bridgehead atoms. The Balaban J connectivity index is 1.36. The van der Waals surface area contributed by atoms with E-state index in [0.29, 0.717) is 37.8 Å². The SMILES string of the molecule is COc1ccc(-c2cc(COC(=O)c3ccc(S(=O)(=O)N4CCOCC4)cc3)no2)cc1. The second kappa shape index (κ2) is 9.51. The van der Waals surface area contributed by atoms with Crippen LogP contribution in [0.5, 0.6) is 5.75 Å². The van der Waals surface area contributed by atoms with Crippen LogP contribution in [0.3, 0.4) is 0 Å². The van der Waals surface area contributed by atoms with E-state index in [1.165, 1.54) is 28.6 Å². The number of ether oxygens (including phenoxy) is 3. The number of morpholine rings is 1. The third-order valence-electron chi connectivity index (χ3n) is 4.98. The number of methoxy groups -OCH3 is 1. The first-order valence-electron chi connectivity index (χ1n) is 9.92. The van der Waals surface area contributed by atoms with Gasteiger partial charge in [-0.05, 0) is 48.5 Å². The molecule has 0 radical (unpaired) electrons. The fourth-order valence-electron chi connectivity index (χ4n) is 3.19. The Bertz CT molecular complexity index is 1170. The summed E-state index contributed by atoms with van der Waals surface area (Å²) in [6, 6.07) is 14.6. The lowest BCUT2D eigenvalue weighted by atomic mass is 10.1. The van der Waals surface area contributed by atoms with Crippen LogP contribution in [0.1, 0.15) is 16.1 Å². The second-order valence-corrected chi connectivity index (χ2v) is 8.97. The Morgan fingerprint density at radius 2 is 1.75 bits per heavy atom. The molecule has 1 fully saturated rings. The van der Waals surface area contributed by atoms with E-state index in [1.807, 2.05) is 12.1 Å². The van der Waals surface area contributed by atoms with E-state index in [0.717, 1.165) is 11.3 Å². The van der Waals surface area contributed by atoms with Crippen molar-refractivity contribution in [2.45, 2.75) is 11.5 Å². The summed E-state index contributed by atoms with van der Waals surface area (Å²) >= 11 is 0. The normalized spacial score (nSPS) is 14.8. The van der Waals surface area contributed by atoms with Crippen molar-refractivity contribution in [3.8, 4) is 17.1 Å². The molecule has 168 valence electrons. The maximum absolute atomic E-state index is 12.7. The highest BCUT2D eigenvalue weighted by Gasteiger charge is 2.26. The molecule has 1 saturated heterocycles. The Morgan fingerprint density at radius 3 is 2.41 bits per heavy atom. The van der Waals surface area contributed by atoms with E-state index < -0.39 is 16.0 Å². The summed E-state index contributed by atoms with van der Waals surface area (Å²) in [6.45, 7) is 1.27. The predicted octanol–water partition coefficient (Wildman–Crippen LogP) is 2.73. The van der Waals surface area contributed by atoms with Gasteiger partial charge in [0.1, 0.15) is 18.1 Å². The molecule has 9 nitrogen and oxygen atoms in total. The number of sulfonamides is 1. The quantitative estimate of drug-likeness (QED) is 0.498. The fourth-order valence-corrected chi connectivity index (χ4v) is 4.60. The minimum atomic E-state index is -3.62. The molecule has 0 amide bonds.